The summed E-state index contributed by atoms with van der Waals surface area (Å²) in [5.74, 6) is -0.473. The fourth-order valence-corrected chi connectivity index (χ4v) is 3.22. The minimum Gasteiger partial charge on any atom is -0.481 e. The first-order chi connectivity index (χ1) is 9.81. The van der Waals surface area contributed by atoms with Crippen LogP contribution in [0.15, 0.2) is 10.7 Å². The number of halogens is 1. The van der Waals surface area contributed by atoms with Gasteiger partial charge in [0.1, 0.15) is 12.0 Å². The molecule has 1 aliphatic heterocycles. The average molecular weight is 358 g/mol. The molecule has 114 valence electrons. The summed E-state index contributed by atoms with van der Waals surface area (Å²) in [6, 6.07) is 0. The van der Waals surface area contributed by atoms with Crippen LogP contribution < -0.4 is 4.90 Å². The molecular formula is C13H16BrN3O4. The largest absolute Gasteiger partial charge is 0.481 e. The summed E-state index contributed by atoms with van der Waals surface area (Å²) in [6.45, 7) is 4.69. The number of nitrogens with zero attached hydrogens (tertiary/aromatic N) is 3. The van der Waals surface area contributed by atoms with Gasteiger partial charge in [0.2, 0.25) is 0 Å². The first-order valence-corrected chi connectivity index (χ1v) is 7.37. The van der Waals surface area contributed by atoms with Crippen molar-refractivity contribution in [1.29, 1.82) is 0 Å². The molecule has 0 spiro atoms. The maximum atomic E-state index is 11.2. The highest BCUT2D eigenvalue weighted by Gasteiger charge is 2.32. The van der Waals surface area contributed by atoms with Gasteiger partial charge in [0.05, 0.1) is 15.3 Å². The number of piperidine rings is 1. The third-order valence-electron chi connectivity index (χ3n) is 3.72. The van der Waals surface area contributed by atoms with Crippen molar-refractivity contribution in [2.24, 2.45) is 11.8 Å². The van der Waals surface area contributed by atoms with Crippen LogP contribution >= 0.6 is 15.9 Å². The molecule has 0 amide bonds. The lowest BCUT2D eigenvalue weighted by molar-refractivity contribution is -0.385. The number of nitro groups is 1. The number of aromatic nitrogens is 1. The third kappa shape index (κ3) is 3.15. The Morgan fingerprint density at radius 1 is 1.57 bits per heavy atom. The quantitative estimate of drug-likeness (QED) is 0.659. The number of carbonyl (C=O) groups is 1. The highest BCUT2D eigenvalue weighted by molar-refractivity contribution is 9.10. The standard InChI is InChI=1S/C13H16BrN3O4/c1-7-3-9(13(18)19)6-16(5-7)12-11(14)8(2)10(4-15-12)17(20)21/h4,7,9H,3,5-6H2,1-2H3,(H,18,19). The van der Waals surface area contributed by atoms with E-state index in [1.165, 1.54) is 6.20 Å². The molecule has 0 radical (unpaired) electrons. The second-order valence-electron chi connectivity index (χ2n) is 5.44. The van der Waals surface area contributed by atoms with Crippen LogP contribution in [0.2, 0.25) is 0 Å². The Balaban J connectivity index is 2.35. The summed E-state index contributed by atoms with van der Waals surface area (Å²) in [7, 11) is 0. The van der Waals surface area contributed by atoms with Crippen LogP contribution in [0.1, 0.15) is 18.9 Å². The van der Waals surface area contributed by atoms with Crippen molar-refractivity contribution >= 4 is 33.4 Å². The van der Waals surface area contributed by atoms with E-state index in [4.69, 9.17) is 0 Å². The molecule has 0 saturated carbocycles. The molecule has 1 aromatic heterocycles. The smallest absolute Gasteiger partial charge is 0.308 e. The predicted octanol–water partition coefficient (Wildman–Crippen LogP) is 2.61. The monoisotopic (exact) mass is 357 g/mol. The Hall–Kier alpha value is -1.70. The summed E-state index contributed by atoms with van der Waals surface area (Å²) < 4.78 is 0.551. The molecule has 21 heavy (non-hydrogen) atoms. The minimum atomic E-state index is -0.818. The second-order valence-corrected chi connectivity index (χ2v) is 6.24. The SMILES string of the molecule is Cc1c([N+](=O)[O-])cnc(N2CC(C)CC(C(=O)O)C2)c1Br. The Labute approximate surface area is 130 Å². The summed E-state index contributed by atoms with van der Waals surface area (Å²) in [6.07, 6.45) is 1.86. The summed E-state index contributed by atoms with van der Waals surface area (Å²) in [5.41, 5.74) is 0.445. The van der Waals surface area contributed by atoms with Gasteiger partial charge >= 0.3 is 5.97 Å². The molecule has 1 fully saturated rings. The fourth-order valence-electron chi connectivity index (χ4n) is 2.66. The van der Waals surface area contributed by atoms with Gasteiger partial charge in [-0.25, -0.2) is 4.98 Å². The molecule has 2 heterocycles. The number of rotatable bonds is 3. The molecule has 0 aliphatic carbocycles. The molecule has 2 atom stereocenters. The fraction of sp³-hybridized carbons (Fsp3) is 0.538. The number of anilines is 1. The first-order valence-electron chi connectivity index (χ1n) is 6.58. The van der Waals surface area contributed by atoms with Crippen molar-refractivity contribution < 1.29 is 14.8 Å². The molecule has 7 nitrogen and oxygen atoms in total. The van der Waals surface area contributed by atoms with Gasteiger partial charge in [-0.15, -0.1) is 0 Å². The van der Waals surface area contributed by atoms with Gasteiger partial charge in [0.15, 0.2) is 0 Å². The van der Waals surface area contributed by atoms with E-state index in [2.05, 4.69) is 20.9 Å². The van der Waals surface area contributed by atoms with E-state index in [1.54, 1.807) is 6.92 Å². The second kappa shape index (κ2) is 5.97. The van der Waals surface area contributed by atoms with E-state index in [0.717, 1.165) is 0 Å². The highest BCUT2D eigenvalue weighted by Crippen LogP contribution is 2.35. The normalized spacial score (nSPS) is 22.1. The third-order valence-corrected chi connectivity index (χ3v) is 4.67. The summed E-state index contributed by atoms with van der Waals surface area (Å²) >= 11 is 3.36. The van der Waals surface area contributed by atoms with Gasteiger partial charge in [0.25, 0.3) is 5.69 Å². The van der Waals surface area contributed by atoms with Gasteiger partial charge < -0.3 is 10.0 Å². The Morgan fingerprint density at radius 3 is 2.81 bits per heavy atom. The van der Waals surface area contributed by atoms with Crippen LogP contribution in [0, 0.1) is 28.9 Å². The molecule has 1 saturated heterocycles. The molecule has 8 heteroatoms. The van der Waals surface area contributed by atoms with Crippen LogP contribution in [0.25, 0.3) is 0 Å². The molecule has 2 unspecified atom stereocenters. The van der Waals surface area contributed by atoms with Crippen LogP contribution in [0.4, 0.5) is 11.5 Å². The Bertz CT molecular complexity index is 593. The van der Waals surface area contributed by atoms with E-state index < -0.39 is 16.8 Å². The molecule has 0 aromatic carbocycles. The van der Waals surface area contributed by atoms with E-state index in [9.17, 15) is 20.0 Å². The first kappa shape index (κ1) is 15.7. The highest BCUT2D eigenvalue weighted by atomic mass is 79.9. The van der Waals surface area contributed by atoms with Crippen molar-refractivity contribution in [2.45, 2.75) is 20.3 Å². The Kier molecular flexibility index (Phi) is 4.46. The van der Waals surface area contributed by atoms with E-state index in [-0.39, 0.29) is 11.6 Å². The number of carboxylic acid groups (broad SMARTS) is 1. The van der Waals surface area contributed by atoms with Gasteiger partial charge in [-0.05, 0) is 35.2 Å². The molecular weight excluding hydrogens is 342 g/mol. The maximum absolute atomic E-state index is 11.2. The number of aliphatic carboxylic acids is 1. The van der Waals surface area contributed by atoms with E-state index >= 15 is 0 Å². The predicted molar refractivity (Wildman–Crippen MR) is 80.4 cm³/mol. The molecule has 1 aromatic rings. The lowest BCUT2D eigenvalue weighted by atomic mass is 9.90. The van der Waals surface area contributed by atoms with Crippen molar-refractivity contribution in [3.8, 4) is 0 Å². The number of hydrogen-bond acceptors (Lipinski definition) is 5. The van der Waals surface area contributed by atoms with Crippen LogP contribution in [0.3, 0.4) is 0 Å². The van der Waals surface area contributed by atoms with E-state index in [0.29, 0.717) is 35.4 Å². The zero-order valence-electron chi connectivity index (χ0n) is 11.7. The zero-order valence-corrected chi connectivity index (χ0v) is 13.3. The Morgan fingerprint density at radius 2 is 2.24 bits per heavy atom. The van der Waals surface area contributed by atoms with Gasteiger partial charge in [-0.2, -0.15) is 0 Å². The molecule has 0 bridgehead atoms. The topological polar surface area (TPSA) is 96.6 Å². The lowest BCUT2D eigenvalue weighted by Crippen LogP contribution is -2.43. The van der Waals surface area contributed by atoms with Crippen molar-refractivity contribution in [1.82, 2.24) is 4.98 Å². The average Bonchev–Trinajstić information content (AvgIpc) is 2.40. The molecule has 1 aliphatic rings. The van der Waals surface area contributed by atoms with Crippen molar-refractivity contribution in [3.63, 3.8) is 0 Å². The van der Waals surface area contributed by atoms with Crippen LogP contribution in [-0.2, 0) is 4.79 Å². The van der Waals surface area contributed by atoms with E-state index in [1.807, 2.05) is 11.8 Å². The number of pyridine rings is 1. The van der Waals surface area contributed by atoms with Crippen molar-refractivity contribution in [3.05, 3.63) is 26.3 Å². The van der Waals surface area contributed by atoms with Crippen molar-refractivity contribution in [2.75, 3.05) is 18.0 Å². The number of hydrogen-bond donors (Lipinski definition) is 1. The zero-order chi connectivity index (χ0) is 15.7. The lowest BCUT2D eigenvalue weighted by Gasteiger charge is -2.36. The minimum absolute atomic E-state index is 0.0505. The van der Waals surface area contributed by atoms with Crippen LogP contribution in [-0.4, -0.2) is 34.1 Å². The summed E-state index contributed by atoms with van der Waals surface area (Å²) in [5, 5.41) is 20.1. The van der Waals surface area contributed by atoms with Crippen LogP contribution in [0.5, 0.6) is 0 Å². The van der Waals surface area contributed by atoms with Gasteiger partial charge in [-0.3, -0.25) is 14.9 Å². The maximum Gasteiger partial charge on any atom is 0.308 e. The molecule has 2 rings (SSSR count). The number of carboxylic acids is 1. The van der Waals surface area contributed by atoms with Gasteiger partial charge in [0, 0.05) is 18.7 Å². The summed E-state index contributed by atoms with van der Waals surface area (Å²) in [4.78, 5) is 27.7. The van der Waals surface area contributed by atoms with Gasteiger partial charge in [-0.1, -0.05) is 6.92 Å². The molecule has 1 N–H and O–H groups in total.